The number of hydrogen-bond donors (Lipinski definition) is 1. The van der Waals surface area contributed by atoms with Crippen LogP contribution in [0.25, 0.3) is 10.8 Å². The maximum Gasteiger partial charge on any atom is 0.265 e. The number of ether oxygens (including phenoxy) is 3. The third-order valence-corrected chi connectivity index (χ3v) is 7.51. The number of carbonyl (C=O) groups excluding carboxylic acids is 1. The molecule has 2 heterocycles. The number of nitrogens with zero attached hydrogens (tertiary/aromatic N) is 2. The highest BCUT2D eigenvalue weighted by molar-refractivity contribution is 7.93. The Morgan fingerprint density at radius 1 is 1.03 bits per heavy atom. The number of benzene rings is 3. The van der Waals surface area contributed by atoms with Crippen LogP contribution in [0, 0.1) is 0 Å². The molecule has 4 aromatic rings. The summed E-state index contributed by atoms with van der Waals surface area (Å²) in [6.07, 6.45) is 3.13. The fraction of sp³-hybridized carbons (Fsp3) is 0.154. The van der Waals surface area contributed by atoms with Crippen LogP contribution in [0.1, 0.15) is 0 Å². The highest BCUT2D eigenvalue weighted by atomic mass is 32.2. The molecular formula is C26H23N3O6S. The molecule has 0 aliphatic carbocycles. The zero-order valence-corrected chi connectivity index (χ0v) is 20.2. The molecule has 1 amide bonds. The number of hydrogen-bond acceptors (Lipinski definition) is 7. The molecule has 1 aromatic heterocycles. The van der Waals surface area contributed by atoms with Crippen LogP contribution in [-0.2, 0) is 14.8 Å². The van der Waals surface area contributed by atoms with E-state index >= 15 is 0 Å². The van der Waals surface area contributed by atoms with Gasteiger partial charge in [-0.1, -0.05) is 12.1 Å². The van der Waals surface area contributed by atoms with Crippen molar-refractivity contribution >= 4 is 38.1 Å². The predicted molar refractivity (Wildman–Crippen MR) is 135 cm³/mol. The number of aromatic nitrogens is 1. The quantitative estimate of drug-likeness (QED) is 0.407. The Morgan fingerprint density at radius 3 is 2.58 bits per heavy atom. The van der Waals surface area contributed by atoms with E-state index < -0.39 is 22.5 Å². The average Bonchev–Trinajstić information content (AvgIpc) is 2.91. The maximum atomic E-state index is 13.9. The molecule has 0 radical (unpaired) electrons. The van der Waals surface area contributed by atoms with E-state index in [4.69, 9.17) is 14.2 Å². The zero-order chi connectivity index (χ0) is 25.1. The van der Waals surface area contributed by atoms with Crippen LogP contribution in [0.2, 0.25) is 0 Å². The first kappa shape index (κ1) is 23.4. The van der Waals surface area contributed by atoms with Crippen LogP contribution >= 0.6 is 0 Å². The van der Waals surface area contributed by atoms with Crippen LogP contribution in [-0.4, -0.2) is 46.2 Å². The summed E-state index contributed by atoms with van der Waals surface area (Å²) < 4.78 is 45.2. The van der Waals surface area contributed by atoms with Crippen molar-refractivity contribution in [3.63, 3.8) is 0 Å². The normalized spacial score (nSPS) is 12.7. The fourth-order valence-corrected chi connectivity index (χ4v) is 5.59. The standard InChI is InChI=1S/C26H23N3O6S/c1-33-21-8-6-20(7-9-21)29(36(31,32)25-4-2-3-18-16-27-12-11-22(18)25)17-26(30)28-19-5-10-23-24(15-19)35-14-13-34-23/h2-12,15-16H,13-14,17H2,1H3,(H,28,30). The summed E-state index contributed by atoms with van der Waals surface area (Å²) in [7, 11) is -2.62. The molecule has 0 atom stereocenters. The maximum absolute atomic E-state index is 13.9. The van der Waals surface area contributed by atoms with Crippen molar-refractivity contribution < 1.29 is 27.4 Å². The summed E-state index contributed by atoms with van der Waals surface area (Å²) in [4.78, 5) is 17.3. The minimum Gasteiger partial charge on any atom is -0.497 e. The van der Waals surface area contributed by atoms with Gasteiger partial charge in [-0.3, -0.25) is 14.1 Å². The lowest BCUT2D eigenvalue weighted by molar-refractivity contribution is -0.114. The molecule has 9 nitrogen and oxygen atoms in total. The van der Waals surface area contributed by atoms with E-state index in [9.17, 15) is 13.2 Å². The van der Waals surface area contributed by atoms with Gasteiger partial charge in [0.15, 0.2) is 11.5 Å². The molecule has 1 N–H and O–H groups in total. The first-order valence-corrected chi connectivity index (χ1v) is 12.6. The third kappa shape index (κ3) is 4.63. The topological polar surface area (TPSA) is 107 Å². The van der Waals surface area contributed by atoms with Crippen molar-refractivity contribution in [2.75, 3.05) is 36.5 Å². The first-order valence-electron chi connectivity index (χ1n) is 11.1. The van der Waals surface area contributed by atoms with Crippen LogP contribution < -0.4 is 23.8 Å². The van der Waals surface area contributed by atoms with Gasteiger partial charge in [0.2, 0.25) is 5.91 Å². The van der Waals surface area contributed by atoms with Crippen molar-refractivity contribution in [3.8, 4) is 17.2 Å². The molecule has 184 valence electrons. The summed E-state index contributed by atoms with van der Waals surface area (Å²) in [6.45, 7) is 0.413. The van der Waals surface area contributed by atoms with Gasteiger partial charge in [-0.2, -0.15) is 0 Å². The smallest absolute Gasteiger partial charge is 0.265 e. The van der Waals surface area contributed by atoms with E-state index in [-0.39, 0.29) is 4.90 Å². The van der Waals surface area contributed by atoms with E-state index in [1.54, 1.807) is 66.9 Å². The number of rotatable bonds is 7. The number of nitrogens with one attached hydrogen (secondary N) is 1. The van der Waals surface area contributed by atoms with Crippen LogP contribution in [0.15, 0.2) is 84.0 Å². The largest absolute Gasteiger partial charge is 0.497 e. The number of pyridine rings is 1. The lowest BCUT2D eigenvalue weighted by atomic mass is 10.2. The van der Waals surface area contributed by atoms with Gasteiger partial charge in [0, 0.05) is 34.9 Å². The number of amides is 1. The Morgan fingerprint density at radius 2 is 1.81 bits per heavy atom. The molecular weight excluding hydrogens is 482 g/mol. The molecule has 0 saturated carbocycles. The molecule has 0 unspecified atom stereocenters. The van der Waals surface area contributed by atoms with Gasteiger partial charge in [-0.25, -0.2) is 8.42 Å². The number of sulfonamides is 1. The summed E-state index contributed by atoms with van der Waals surface area (Å²) in [5.41, 5.74) is 0.784. The van der Waals surface area contributed by atoms with Crippen LogP contribution in [0.5, 0.6) is 17.2 Å². The van der Waals surface area contributed by atoms with Crippen molar-refractivity contribution in [2.24, 2.45) is 0 Å². The molecule has 0 fully saturated rings. The Bertz CT molecular complexity index is 1520. The predicted octanol–water partition coefficient (Wildman–Crippen LogP) is 3.85. The van der Waals surface area contributed by atoms with Gasteiger partial charge in [-0.05, 0) is 48.5 Å². The number of methoxy groups -OCH3 is 1. The molecule has 36 heavy (non-hydrogen) atoms. The first-order chi connectivity index (χ1) is 17.5. The Kier molecular flexibility index (Phi) is 6.34. The molecule has 5 rings (SSSR count). The Hall–Kier alpha value is -4.31. The molecule has 10 heteroatoms. The van der Waals surface area contributed by atoms with Crippen LogP contribution in [0.3, 0.4) is 0 Å². The van der Waals surface area contributed by atoms with Crippen molar-refractivity contribution in [3.05, 3.63) is 79.1 Å². The summed E-state index contributed by atoms with van der Waals surface area (Å²) in [5, 5.41) is 3.95. The van der Waals surface area contributed by atoms with E-state index in [0.717, 1.165) is 4.31 Å². The minimum absolute atomic E-state index is 0.0744. The summed E-state index contributed by atoms with van der Waals surface area (Å²) in [5.74, 6) is 1.15. The van der Waals surface area contributed by atoms with Gasteiger partial charge in [0.1, 0.15) is 25.5 Å². The van der Waals surface area contributed by atoms with Crippen LogP contribution in [0.4, 0.5) is 11.4 Å². The molecule has 0 saturated heterocycles. The van der Waals surface area contributed by atoms with Gasteiger partial charge < -0.3 is 19.5 Å². The van der Waals surface area contributed by atoms with Gasteiger partial charge >= 0.3 is 0 Å². The molecule has 1 aliphatic rings. The Balaban J connectivity index is 1.49. The monoisotopic (exact) mass is 505 g/mol. The lowest BCUT2D eigenvalue weighted by Gasteiger charge is -2.25. The second-order valence-electron chi connectivity index (χ2n) is 7.97. The molecule has 1 aliphatic heterocycles. The number of fused-ring (bicyclic) bond motifs is 2. The number of anilines is 2. The highest BCUT2D eigenvalue weighted by Gasteiger charge is 2.29. The van der Waals surface area contributed by atoms with Crippen molar-refractivity contribution in [1.82, 2.24) is 4.98 Å². The van der Waals surface area contributed by atoms with Crippen molar-refractivity contribution in [2.45, 2.75) is 4.90 Å². The molecule has 0 spiro atoms. The second-order valence-corrected chi connectivity index (χ2v) is 9.80. The minimum atomic E-state index is -4.14. The summed E-state index contributed by atoms with van der Waals surface area (Å²) in [6, 6.07) is 18.1. The van der Waals surface area contributed by atoms with Gasteiger partial charge in [-0.15, -0.1) is 0 Å². The van der Waals surface area contributed by atoms with Crippen molar-refractivity contribution in [1.29, 1.82) is 0 Å². The fourth-order valence-electron chi connectivity index (χ4n) is 3.95. The lowest BCUT2D eigenvalue weighted by Crippen LogP contribution is -2.38. The molecule has 3 aromatic carbocycles. The van der Waals surface area contributed by atoms with E-state index in [1.807, 2.05) is 0 Å². The van der Waals surface area contributed by atoms with E-state index in [1.165, 1.54) is 19.4 Å². The SMILES string of the molecule is COc1ccc(N(CC(=O)Nc2ccc3c(c2)OCCO3)S(=O)(=O)c2cccc3cnccc23)cc1. The zero-order valence-electron chi connectivity index (χ0n) is 19.4. The van der Waals surface area contributed by atoms with Gasteiger partial charge in [0.05, 0.1) is 17.7 Å². The van der Waals surface area contributed by atoms with E-state index in [2.05, 4.69) is 10.3 Å². The molecule has 0 bridgehead atoms. The highest BCUT2D eigenvalue weighted by Crippen LogP contribution is 2.33. The third-order valence-electron chi connectivity index (χ3n) is 5.68. The summed E-state index contributed by atoms with van der Waals surface area (Å²) >= 11 is 0. The van der Waals surface area contributed by atoms with Gasteiger partial charge in [0.25, 0.3) is 10.0 Å². The Labute approximate surface area is 208 Å². The van der Waals surface area contributed by atoms with E-state index in [0.29, 0.717) is 52.6 Å². The second kappa shape index (κ2) is 9.74. The number of carbonyl (C=O) groups is 1. The average molecular weight is 506 g/mol.